The van der Waals surface area contributed by atoms with Crippen LogP contribution in [0.15, 0.2) is 0 Å². The number of thiocarbonyl (C=S) groups is 1. The molecule has 2 N–H and O–H groups in total. The van der Waals surface area contributed by atoms with Crippen LogP contribution in [-0.2, 0) is 0 Å². The van der Waals surface area contributed by atoms with Crippen molar-refractivity contribution in [3.63, 3.8) is 0 Å². The fourth-order valence-electron chi connectivity index (χ4n) is 1.22. The van der Waals surface area contributed by atoms with Gasteiger partial charge in [-0.05, 0) is 25.1 Å². The van der Waals surface area contributed by atoms with Gasteiger partial charge in [0, 0.05) is 13.1 Å². The minimum atomic E-state index is 0.817. The molecule has 2 nitrogen and oxygen atoms in total. The SMILES string of the molecule is CCCCCNC(=S)NCCCCC. The average Bonchev–Trinajstić information content (AvgIpc) is 2.19. The lowest BCUT2D eigenvalue weighted by Gasteiger charge is -2.09. The lowest BCUT2D eigenvalue weighted by molar-refractivity contribution is 0.669. The first-order valence-corrected chi connectivity index (χ1v) is 6.23. The molecule has 0 aromatic carbocycles. The third kappa shape index (κ3) is 9.78. The summed E-state index contributed by atoms with van der Waals surface area (Å²) in [6.07, 6.45) is 7.52. The van der Waals surface area contributed by atoms with Gasteiger partial charge in [-0.15, -0.1) is 0 Å². The van der Waals surface area contributed by atoms with E-state index in [-0.39, 0.29) is 0 Å². The lowest BCUT2D eigenvalue weighted by atomic mass is 10.2. The van der Waals surface area contributed by atoms with Crippen molar-refractivity contribution in [3.05, 3.63) is 0 Å². The van der Waals surface area contributed by atoms with E-state index in [9.17, 15) is 0 Å². The zero-order chi connectivity index (χ0) is 10.6. The van der Waals surface area contributed by atoms with Crippen molar-refractivity contribution >= 4 is 17.3 Å². The van der Waals surface area contributed by atoms with Gasteiger partial charge in [-0.25, -0.2) is 0 Å². The van der Waals surface area contributed by atoms with Crippen LogP contribution in [0.25, 0.3) is 0 Å². The van der Waals surface area contributed by atoms with Gasteiger partial charge in [-0.2, -0.15) is 0 Å². The van der Waals surface area contributed by atoms with Crippen LogP contribution in [0.4, 0.5) is 0 Å². The molecule has 14 heavy (non-hydrogen) atoms. The quantitative estimate of drug-likeness (QED) is 0.482. The molecule has 0 aromatic rings. The van der Waals surface area contributed by atoms with E-state index < -0.39 is 0 Å². The first-order valence-electron chi connectivity index (χ1n) is 5.83. The molecule has 3 heteroatoms. The molecule has 0 saturated heterocycles. The Balaban J connectivity index is 3.11. The molecule has 0 rings (SSSR count). The van der Waals surface area contributed by atoms with Crippen LogP contribution in [0.3, 0.4) is 0 Å². The van der Waals surface area contributed by atoms with Crippen molar-refractivity contribution in [1.29, 1.82) is 0 Å². The molecular weight excluding hydrogens is 192 g/mol. The van der Waals surface area contributed by atoms with Crippen molar-refractivity contribution in [2.75, 3.05) is 13.1 Å². The largest absolute Gasteiger partial charge is 0.363 e. The Morgan fingerprint density at radius 1 is 0.857 bits per heavy atom. The second kappa shape index (κ2) is 10.8. The van der Waals surface area contributed by atoms with Crippen molar-refractivity contribution < 1.29 is 0 Å². The molecule has 0 aliphatic carbocycles. The smallest absolute Gasteiger partial charge is 0.166 e. The lowest BCUT2D eigenvalue weighted by Crippen LogP contribution is -2.36. The van der Waals surface area contributed by atoms with E-state index in [2.05, 4.69) is 24.5 Å². The number of hydrogen-bond donors (Lipinski definition) is 2. The minimum Gasteiger partial charge on any atom is -0.363 e. The van der Waals surface area contributed by atoms with Gasteiger partial charge in [0.1, 0.15) is 0 Å². The summed E-state index contributed by atoms with van der Waals surface area (Å²) in [6, 6.07) is 0. The molecule has 0 atom stereocenters. The second-order valence-corrected chi connectivity index (χ2v) is 4.01. The summed E-state index contributed by atoms with van der Waals surface area (Å²) >= 11 is 5.13. The van der Waals surface area contributed by atoms with E-state index in [0.717, 1.165) is 18.2 Å². The van der Waals surface area contributed by atoms with Crippen molar-refractivity contribution in [3.8, 4) is 0 Å². The number of unbranched alkanes of at least 4 members (excludes halogenated alkanes) is 4. The Morgan fingerprint density at radius 3 is 1.64 bits per heavy atom. The van der Waals surface area contributed by atoms with Gasteiger partial charge in [0.15, 0.2) is 5.11 Å². The fourth-order valence-corrected chi connectivity index (χ4v) is 1.42. The van der Waals surface area contributed by atoms with Crippen LogP contribution >= 0.6 is 12.2 Å². The van der Waals surface area contributed by atoms with Crippen molar-refractivity contribution in [2.45, 2.75) is 52.4 Å². The predicted octanol–water partition coefficient (Wildman–Crippen LogP) is 2.83. The summed E-state index contributed by atoms with van der Waals surface area (Å²) in [7, 11) is 0. The highest BCUT2D eigenvalue weighted by atomic mass is 32.1. The van der Waals surface area contributed by atoms with Gasteiger partial charge in [0.25, 0.3) is 0 Å². The Kier molecular flexibility index (Phi) is 10.5. The second-order valence-electron chi connectivity index (χ2n) is 3.60. The van der Waals surface area contributed by atoms with Gasteiger partial charge in [-0.3, -0.25) is 0 Å². The molecule has 0 radical (unpaired) electrons. The minimum absolute atomic E-state index is 0.817. The molecule has 0 aliphatic heterocycles. The van der Waals surface area contributed by atoms with Crippen LogP contribution < -0.4 is 10.6 Å². The van der Waals surface area contributed by atoms with Gasteiger partial charge in [-0.1, -0.05) is 39.5 Å². The topological polar surface area (TPSA) is 24.1 Å². The maximum Gasteiger partial charge on any atom is 0.166 e. The predicted molar refractivity (Wildman–Crippen MR) is 67.7 cm³/mol. The highest BCUT2D eigenvalue weighted by molar-refractivity contribution is 7.80. The van der Waals surface area contributed by atoms with E-state index in [1.54, 1.807) is 0 Å². The van der Waals surface area contributed by atoms with E-state index in [0.29, 0.717) is 0 Å². The normalized spacial score (nSPS) is 9.86. The summed E-state index contributed by atoms with van der Waals surface area (Å²) in [6.45, 7) is 6.43. The van der Waals surface area contributed by atoms with E-state index in [1.165, 1.54) is 38.5 Å². The standard InChI is InChI=1S/C11H24N2S/c1-3-5-7-9-12-11(14)13-10-8-6-4-2/h3-10H2,1-2H3,(H2,12,13,14). The molecule has 0 aromatic heterocycles. The van der Waals surface area contributed by atoms with E-state index in [4.69, 9.17) is 12.2 Å². The summed E-state index contributed by atoms with van der Waals surface area (Å²) < 4.78 is 0. The summed E-state index contributed by atoms with van der Waals surface area (Å²) in [5.41, 5.74) is 0. The van der Waals surface area contributed by atoms with Crippen LogP contribution in [0.1, 0.15) is 52.4 Å². The van der Waals surface area contributed by atoms with Gasteiger partial charge < -0.3 is 10.6 Å². The molecule has 0 unspecified atom stereocenters. The Hall–Kier alpha value is -0.310. The highest BCUT2D eigenvalue weighted by Gasteiger charge is 1.93. The first kappa shape index (κ1) is 13.7. The summed E-state index contributed by atoms with van der Waals surface area (Å²) in [5, 5.41) is 7.25. The van der Waals surface area contributed by atoms with Crippen molar-refractivity contribution in [1.82, 2.24) is 10.6 Å². The zero-order valence-electron chi connectivity index (χ0n) is 9.57. The Morgan fingerprint density at radius 2 is 1.29 bits per heavy atom. The molecule has 0 saturated carbocycles. The molecule has 84 valence electrons. The monoisotopic (exact) mass is 216 g/mol. The Labute approximate surface area is 93.8 Å². The van der Waals surface area contributed by atoms with E-state index in [1.807, 2.05) is 0 Å². The first-order chi connectivity index (χ1) is 6.81. The number of nitrogens with one attached hydrogen (secondary N) is 2. The maximum absolute atomic E-state index is 5.13. The van der Waals surface area contributed by atoms with Gasteiger partial charge >= 0.3 is 0 Å². The summed E-state index contributed by atoms with van der Waals surface area (Å²) in [5.74, 6) is 0. The average molecular weight is 216 g/mol. The van der Waals surface area contributed by atoms with Crippen LogP contribution in [0.2, 0.25) is 0 Å². The summed E-state index contributed by atoms with van der Waals surface area (Å²) in [4.78, 5) is 0. The molecule has 0 aliphatic rings. The van der Waals surface area contributed by atoms with Crippen molar-refractivity contribution in [2.24, 2.45) is 0 Å². The van der Waals surface area contributed by atoms with Crippen LogP contribution in [0, 0.1) is 0 Å². The third-order valence-corrected chi connectivity index (χ3v) is 2.42. The Bertz CT molecular complexity index is 123. The molecule has 0 fully saturated rings. The number of hydrogen-bond acceptors (Lipinski definition) is 1. The third-order valence-electron chi connectivity index (χ3n) is 2.13. The molecule has 0 bridgehead atoms. The molecule has 0 amide bonds. The van der Waals surface area contributed by atoms with Crippen LogP contribution in [0.5, 0.6) is 0 Å². The zero-order valence-corrected chi connectivity index (χ0v) is 10.4. The highest BCUT2D eigenvalue weighted by Crippen LogP contribution is 1.92. The van der Waals surface area contributed by atoms with Gasteiger partial charge in [0.2, 0.25) is 0 Å². The fraction of sp³-hybridized carbons (Fsp3) is 0.909. The van der Waals surface area contributed by atoms with Gasteiger partial charge in [0.05, 0.1) is 0 Å². The molecule has 0 spiro atoms. The number of rotatable bonds is 8. The molecular formula is C11H24N2S. The van der Waals surface area contributed by atoms with E-state index >= 15 is 0 Å². The molecule has 0 heterocycles. The van der Waals surface area contributed by atoms with Crippen LogP contribution in [-0.4, -0.2) is 18.2 Å². The maximum atomic E-state index is 5.13.